The lowest BCUT2D eigenvalue weighted by Crippen LogP contribution is -2.48. The molecule has 2 aromatic heterocycles. The van der Waals surface area contributed by atoms with Gasteiger partial charge in [0.2, 0.25) is 5.65 Å². The van der Waals surface area contributed by atoms with E-state index in [0.29, 0.717) is 44.0 Å². The molecule has 0 radical (unpaired) electrons. The number of aliphatic hydroxyl groups is 1. The van der Waals surface area contributed by atoms with Crippen LogP contribution in [-0.4, -0.2) is 43.9 Å². The molecule has 1 aromatic carbocycles. The first-order chi connectivity index (χ1) is 12.9. The van der Waals surface area contributed by atoms with E-state index in [9.17, 15) is 5.11 Å². The Morgan fingerprint density at radius 1 is 1.26 bits per heavy atom. The van der Waals surface area contributed by atoms with Crippen LogP contribution in [0.2, 0.25) is 10.0 Å². The van der Waals surface area contributed by atoms with Crippen LogP contribution in [0, 0.1) is 0 Å². The minimum atomic E-state index is -0.220. The third kappa shape index (κ3) is 3.36. The van der Waals surface area contributed by atoms with Gasteiger partial charge in [-0.1, -0.05) is 35.3 Å². The number of H-pyrrole nitrogens is 1. The van der Waals surface area contributed by atoms with E-state index in [0.717, 1.165) is 25.9 Å². The molecule has 0 amide bonds. The minimum Gasteiger partial charge on any atom is -0.390 e. The van der Waals surface area contributed by atoms with E-state index in [1.807, 2.05) is 12.1 Å². The molecule has 0 spiro atoms. The van der Waals surface area contributed by atoms with Gasteiger partial charge < -0.3 is 15.7 Å². The molecule has 1 aliphatic rings. The fourth-order valence-electron chi connectivity index (χ4n) is 3.33. The SMILES string of the molecule is CC1(N)CCN(c2nc3n[nH]c(-c4cccc(Cl)c4Cl)c3nc2CO)CC1. The first-order valence-corrected chi connectivity index (χ1v) is 9.49. The summed E-state index contributed by atoms with van der Waals surface area (Å²) in [6.07, 6.45) is 1.70. The summed E-state index contributed by atoms with van der Waals surface area (Å²) < 4.78 is 0. The van der Waals surface area contributed by atoms with Gasteiger partial charge in [-0.15, -0.1) is 0 Å². The summed E-state index contributed by atoms with van der Waals surface area (Å²) in [7, 11) is 0. The summed E-state index contributed by atoms with van der Waals surface area (Å²) in [5.74, 6) is 0.649. The summed E-state index contributed by atoms with van der Waals surface area (Å²) in [4.78, 5) is 11.4. The molecule has 0 saturated carbocycles. The molecule has 1 aliphatic heterocycles. The lowest BCUT2D eigenvalue weighted by Gasteiger charge is -2.37. The fraction of sp³-hybridized carbons (Fsp3) is 0.389. The van der Waals surface area contributed by atoms with Crippen LogP contribution in [0.15, 0.2) is 18.2 Å². The van der Waals surface area contributed by atoms with Crippen molar-refractivity contribution in [2.75, 3.05) is 18.0 Å². The molecular formula is C18H20Cl2N6O. The Balaban J connectivity index is 1.78. The standard InChI is InChI=1S/C18H20Cl2N6O/c1-18(21)5-7-26(8-6-18)17-12(9-27)22-15-14(24-25-16(15)23-17)10-3-2-4-11(19)13(10)20/h2-4,27H,5-9,21H2,1H3,(H,23,24,25). The largest absolute Gasteiger partial charge is 0.390 e. The van der Waals surface area contributed by atoms with Crippen LogP contribution >= 0.6 is 23.2 Å². The molecule has 4 N–H and O–H groups in total. The average molecular weight is 407 g/mol. The van der Waals surface area contributed by atoms with E-state index >= 15 is 0 Å². The number of piperidine rings is 1. The zero-order chi connectivity index (χ0) is 19.2. The van der Waals surface area contributed by atoms with E-state index in [-0.39, 0.29) is 12.1 Å². The summed E-state index contributed by atoms with van der Waals surface area (Å²) in [6.45, 7) is 3.36. The van der Waals surface area contributed by atoms with E-state index < -0.39 is 0 Å². The van der Waals surface area contributed by atoms with Crippen molar-refractivity contribution in [1.29, 1.82) is 0 Å². The number of hydrogen-bond donors (Lipinski definition) is 3. The van der Waals surface area contributed by atoms with Crippen LogP contribution in [0.3, 0.4) is 0 Å². The number of aromatic nitrogens is 4. The maximum Gasteiger partial charge on any atom is 0.202 e. The van der Waals surface area contributed by atoms with Gasteiger partial charge in [0.25, 0.3) is 0 Å². The highest BCUT2D eigenvalue weighted by Crippen LogP contribution is 2.36. The lowest BCUT2D eigenvalue weighted by atomic mass is 9.91. The van der Waals surface area contributed by atoms with E-state index in [1.54, 1.807) is 6.07 Å². The number of benzene rings is 1. The van der Waals surface area contributed by atoms with Gasteiger partial charge in [-0.25, -0.2) is 9.97 Å². The maximum atomic E-state index is 9.88. The van der Waals surface area contributed by atoms with Gasteiger partial charge in [0.15, 0.2) is 5.82 Å². The third-order valence-corrected chi connectivity index (χ3v) is 5.83. The number of aromatic amines is 1. The van der Waals surface area contributed by atoms with Crippen molar-refractivity contribution in [3.05, 3.63) is 33.9 Å². The Kier molecular flexibility index (Phi) is 4.71. The molecule has 7 nitrogen and oxygen atoms in total. The van der Waals surface area contributed by atoms with Crippen LogP contribution in [0.25, 0.3) is 22.4 Å². The first-order valence-electron chi connectivity index (χ1n) is 8.74. The van der Waals surface area contributed by atoms with Crippen molar-refractivity contribution < 1.29 is 5.11 Å². The van der Waals surface area contributed by atoms with Crippen LogP contribution in [0.4, 0.5) is 5.82 Å². The molecule has 4 rings (SSSR count). The van der Waals surface area contributed by atoms with Gasteiger partial charge in [0.05, 0.1) is 22.3 Å². The monoisotopic (exact) mass is 406 g/mol. The molecule has 142 valence electrons. The Bertz CT molecular complexity index is 993. The summed E-state index contributed by atoms with van der Waals surface area (Å²) in [6, 6.07) is 5.36. The second kappa shape index (κ2) is 6.91. The van der Waals surface area contributed by atoms with Crippen molar-refractivity contribution in [3.63, 3.8) is 0 Å². The third-order valence-electron chi connectivity index (χ3n) is 5.01. The van der Waals surface area contributed by atoms with Crippen molar-refractivity contribution in [2.45, 2.75) is 31.9 Å². The number of rotatable bonds is 3. The number of nitrogens with zero attached hydrogens (tertiary/aromatic N) is 4. The Labute approximate surface area is 166 Å². The van der Waals surface area contributed by atoms with Crippen LogP contribution in [-0.2, 0) is 6.61 Å². The molecule has 0 atom stereocenters. The highest BCUT2D eigenvalue weighted by atomic mass is 35.5. The number of aliphatic hydroxyl groups excluding tert-OH is 1. The predicted molar refractivity (Wildman–Crippen MR) is 107 cm³/mol. The molecule has 0 bridgehead atoms. The Morgan fingerprint density at radius 3 is 2.70 bits per heavy atom. The van der Waals surface area contributed by atoms with Crippen LogP contribution < -0.4 is 10.6 Å². The summed E-state index contributed by atoms with van der Waals surface area (Å²) in [5.41, 5.74) is 8.88. The number of nitrogens with one attached hydrogen (secondary N) is 1. The number of halogens is 2. The van der Waals surface area contributed by atoms with Crippen LogP contribution in [0.1, 0.15) is 25.5 Å². The lowest BCUT2D eigenvalue weighted by molar-refractivity contribution is 0.276. The first kappa shape index (κ1) is 18.4. The zero-order valence-corrected chi connectivity index (χ0v) is 16.3. The predicted octanol–water partition coefficient (Wildman–Crippen LogP) is 3.14. The zero-order valence-electron chi connectivity index (χ0n) is 14.8. The molecule has 27 heavy (non-hydrogen) atoms. The molecule has 3 heterocycles. The van der Waals surface area contributed by atoms with Gasteiger partial charge in [0, 0.05) is 24.2 Å². The number of fused-ring (bicyclic) bond motifs is 1. The van der Waals surface area contributed by atoms with Gasteiger partial charge in [0.1, 0.15) is 11.2 Å². The minimum absolute atomic E-state index is 0.170. The molecule has 3 aromatic rings. The second-order valence-electron chi connectivity index (χ2n) is 7.17. The smallest absolute Gasteiger partial charge is 0.202 e. The maximum absolute atomic E-state index is 9.88. The average Bonchev–Trinajstić information content (AvgIpc) is 3.05. The fourth-order valence-corrected chi connectivity index (χ4v) is 3.73. The van der Waals surface area contributed by atoms with E-state index in [2.05, 4.69) is 32.0 Å². The quantitative estimate of drug-likeness (QED) is 0.616. The summed E-state index contributed by atoms with van der Waals surface area (Å²) >= 11 is 12.5. The van der Waals surface area contributed by atoms with Gasteiger partial charge in [-0.2, -0.15) is 5.10 Å². The highest BCUT2D eigenvalue weighted by Gasteiger charge is 2.28. The summed E-state index contributed by atoms with van der Waals surface area (Å²) in [5, 5.41) is 18.0. The van der Waals surface area contributed by atoms with Crippen molar-refractivity contribution in [1.82, 2.24) is 20.2 Å². The number of nitrogens with two attached hydrogens (primary N) is 1. The second-order valence-corrected chi connectivity index (χ2v) is 7.95. The van der Waals surface area contributed by atoms with Crippen LogP contribution in [0.5, 0.6) is 0 Å². The molecule has 1 saturated heterocycles. The highest BCUT2D eigenvalue weighted by molar-refractivity contribution is 6.43. The van der Waals surface area contributed by atoms with Gasteiger partial charge in [-0.3, -0.25) is 5.10 Å². The molecular weight excluding hydrogens is 387 g/mol. The van der Waals surface area contributed by atoms with Gasteiger partial charge in [-0.05, 0) is 25.8 Å². The van der Waals surface area contributed by atoms with E-state index in [1.165, 1.54) is 0 Å². The van der Waals surface area contributed by atoms with Crippen molar-refractivity contribution in [2.24, 2.45) is 5.73 Å². The normalized spacial score (nSPS) is 16.9. The Hall–Kier alpha value is -1.93. The van der Waals surface area contributed by atoms with Gasteiger partial charge >= 0.3 is 0 Å². The van der Waals surface area contributed by atoms with Crippen molar-refractivity contribution in [3.8, 4) is 11.3 Å². The Morgan fingerprint density at radius 2 is 2.00 bits per heavy atom. The van der Waals surface area contributed by atoms with E-state index in [4.69, 9.17) is 28.9 Å². The number of hydrogen-bond acceptors (Lipinski definition) is 6. The topological polar surface area (TPSA) is 104 Å². The molecule has 1 fully saturated rings. The number of anilines is 1. The molecule has 0 aliphatic carbocycles. The molecule has 9 heteroatoms. The van der Waals surface area contributed by atoms with Crippen molar-refractivity contribution >= 4 is 40.2 Å². The molecule has 0 unspecified atom stereocenters.